The molecule has 1 N–H and O–H groups in total. The molecule has 1 aromatic carbocycles. The Morgan fingerprint density at radius 1 is 1.25 bits per heavy atom. The summed E-state index contributed by atoms with van der Waals surface area (Å²) in [5.41, 5.74) is 1.55. The maximum absolute atomic E-state index is 12.3. The minimum atomic E-state index is -0.137. The van der Waals surface area contributed by atoms with Crippen molar-refractivity contribution in [2.45, 2.75) is 24.5 Å². The molecule has 2 amide bonds. The van der Waals surface area contributed by atoms with Gasteiger partial charge >= 0.3 is 0 Å². The summed E-state index contributed by atoms with van der Waals surface area (Å²) >= 11 is 1.31. The van der Waals surface area contributed by atoms with Gasteiger partial charge in [-0.05, 0) is 42.8 Å². The molecule has 9 heteroatoms. The fourth-order valence-electron chi connectivity index (χ4n) is 3.01. The normalized spacial score (nSPS) is 13.9. The molecule has 0 unspecified atom stereocenters. The van der Waals surface area contributed by atoms with Crippen LogP contribution in [0.5, 0.6) is 0 Å². The van der Waals surface area contributed by atoms with Crippen LogP contribution in [-0.4, -0.2) is 38.9 Å². The lowest BCUT2D eigenvalue weighted by Crippen LogP contribution is -2.23. The van der Waals surface area contributed by atoms with E-state index < -0.39 is 0 Å². The van der Waals surface area contributed by atoms with Gasteiger partial charge in [-0.15, -0.1) is 10.2 Å². The molecule has 0 bridgehead atoms. The maximum Gasteiger partial charge on any atom is 0.234 e. The molecule has 1 aliphatic heterocycles. The summed E-state index contributed by atoms with van der Waals surface area (Å²) in [6.45, 7) is 1.26. The molecule has 3 aromatic rings. The van der Waals surface area contributed by atoms with Crippen LogP contribution >= 0.6 is 11.8 Å². The minimum Gasteiger partial charge on any atom is -0.467 e. The van der Waals surface area contributed by atoms with Crippen molar-refractivity contribution >= 4 is 35.0 Å². The van der Waals surface area contributed by atoms with Gasteiger partial charge in [0.2, 0.25) is 11.8 Å². The number of rotatable bonds is 7. The Morgan fingerprint density at radius 3 is 2.82 bits per heavy atom. The minimum absolute atomic E-state index is 0.137. The molecule has 0 atom stereocenters. The topological polar surface area (TPSA) is 93.3 Å². The Bertz CT molecular complexity index is 952. The number of furan rings is 1. The molecule has 4 rings (SSSR count). The zero-order valence-electron chi connectivity index (χ0n) is 15.1. The SMILES string of the molecule is O=C(CSc1nncn1Cc1ccco1)Nc1ccc(N2CCCC2=O)cc1. The van der Waals surface area contributed by atoms with Gasteiger partial charge < -0.3 is 19.2 Å². The third-order valence-electron chi connectivity index (χ3n) is 4.35. The second kappa shape index (κ2) is 8.30. The smallest absolute Gasteiger partial charge is 0.234 e. The lowest BCUT2D eigenvalue weighted by molar-refractivity contribution is -0.117. The molecular formula is C19H19N5O3S. The van der Waals surface area contributed by atoms with E-state index in [0.717, 1.165) is 24.4 Å². The third-order valence-corrected chi connectivity index (χ3v) is 5.34. The summed E-state index contributed by atoms with van der Waals surface area (Å²) in [5.74, 6) is 1.01. The number of hydrogen-bond acceptors (Lipinski definition) is 6. The maximum atomic E-state index is 12.3. The van der Waals surface area contributed by atoms with E-state index in [4.69, 9.17) is 4.42 Å². The molecule has 1 fully saturated rings. The zero-order valence-corrected chi connectivity index (χ0v) is 15.9. The lowest BCUT2D eigenvalue weighted by Gasteiger charge is -2.16. The van der Waals surface area contributed by atoms with E-state index in [-0.39, 0.29) is 17.6 Å². The van der Waals surface area contributed by atoms with Crippen molar-refractivity contribution < 1.29 is 14.0 Å². The molecule has 1 aliphatic rings. The second-order valence-corrected chi connectivity index (χ2v) is 7.30. The molecule has 28 heavy (non-hydrogen) atoms. The van der Waals surface area contributed by atoms with Crippen molar-refractivity contribution in [2.75, 3.05) is 22.5 Å². The molecule has 0 radical (unpaired) electrons. The quantitative estimate of drug-likeness (QED) is 0.616. The average molecular weight is 397 g/mol. The number of amides is 2. The number of nitrogens with one attached hydrogen (secondary N) is 1. The average Bonchev–Trinajstić information content (AvgIpc) is 3.44. The highest BCUT2D eigenvalue weighted by atomic mass is 32.2. The second-order valence-electron chi connectivity index (χ2n) is 6.35. The van der Waals surface area contributed by atoms with Crippen molar-refractivity contribution in [3.63, 3.8) is 0 Å². The van der Waals surface area contributed by atoms with Crippen LogP contribution in [0.4, 0.5) is 11.4 Å². The molecule has 1 saturated heterocycles. The van der Waals surface area contributed by atoms with Crippen LogP contribution in [-0.2, 0) is 16.1 Å². The fraction of sp³-hybridized carbons (Fsp3) is 0.263. The van der Waals surface area contributed by atoms with Gasteiger partial charge in [0.05, 0.1) is 18.6 Å². The van der Waals surface area contributed by atoms with Crippen LogP contribution in [0.15, 0.2) is 58.6 Å². The fourth-order valence-corrected chi connectivity index (χ4v) is 3.72. The van der Waals surface area contributed by atoms with Crippen molar-refractivity contribution in [3.8, 4) is 0 Å². The molecule has 2 aromatic heterocycles. The first-order valence-electron chi connectivity index (χ1n) is 8.92. The van der Waals surface area contributed by atoms with Gasteiger partial charge in [-0.3, -0.25) is 9.59 Å². The highest BCUT2D eigenvalue weighted by Crippen LogP contribution is 2.23. The van der Waals surface area contributed by atoms with Gasteiger partial charge in [-0.2, -0.15) is 0 Å². The highest BCUT2D eigenvalue weighted by Gasteiger charge is 2.21. The van der Waals surface area contributed by atoms with Crippen LogP contribution < -0.4 is 10.2 Å². The summed E-state index contributed by atoms with van der Waals surface area (Å²) in [6, 6.07) is 11.0. The van der Waals surface area contributed by atoms with Crippen molar-refractivity contribution in [1.29, 1.82) is 0 Å². The van der Waals surface area contributed by atoms with Gasteiger partial charge in [0.15, 0.2) is 5.16 Å². The summed E-state index contributed by atoms with van der Waals surface area (Å²) in [6.07, 6.45) is 4.71. The lowest BCUT2D eigenvalue weighted by atomic mass is 10.2. The van der Waals surface area contributed by atoms with Crippen molar-refractivity contribution in [1.82, 2.24) is 14.8 Å². The number of carbonyl (C=O) groups excluding carboxylic acids is 2. The van der Waals surface area contributed by atoms with E-state index >= 15 is 0 Å². The Hall–Kier alpha value is -3.07. The van der Waals surface area contributed by atoms with Crippen LogP contribution in [0.2, 0.25) is 0 Å². The van der Waals surface area contributed by atoms with Gasteiger partial charge in [0.1, 0.15) is 12.1 Å². The number of carbonyl (C=O) groups is 2. The summed E-state index contributed by atoms with van der Waals surface area (Å²) in [5, 5.41) is 11.5. The molecular weight excluding hydrogens is 378 g/mol. The first-order chi connectivity index (χ1) is 13.7. The van der Waals surface area contributed by atoms with Crippen LogP contribution in [0, 0.1) is 0 Å². The van der Waals surface area contributed by atoms with Gasteiger partial charge in [0.25, 0.3) is 0 Å². The number of aromatic nitrogens is 3. The van der Waals surface area contributed by atoms with E-state index in [0.29, 0.717) is 23.8 Å². The van der Waals surface area contributed by atoms with Gasteiger partial charge in [0, 0.05) is 24.3 Å². The van der Waals surface area contributed by atoms with E-state index in [9.17, 15) is 9.59 Å². The largest absolute Gasteiger partial charge is 0.467 e. The highest BCUT2D eigenvalue weighted by molar-refractivity contribution is 7.99. The van der Waals surface area contributed by atoms with E-state index in [1.165, 1.54) is 11.8 Å². The predicted molar refractivity (Wildman–Crippen MR) is 105 cm³/mol. The standard InChI is InChI=1S/C19H19N5O3S/c25-17(12-28-19-22-20-13-23(19)11-16-3-2-10-27-16)21-14-5-7-15(8-6-14)24-9-1-4-18(24)26/h2-3,5-8,10,13H,1,4,9,11-12H2,(H,21,25). The van der Waals surface area contributed by atoms with Crippen LogP contribution in [0.1, 0.15) is 18.6 Å². The Balaban J connectivity index is 1.30. The summed E-state index contributed by atoms with van der Waals surface area (Å²) in [7, 11) is 0. The Kier molecular flexibility index (Phi) is 5.43. The molecule has 8 nitrogen and oxygen atoms in total. The monoisotopic (exact) mass is 397 g/mol. The first kappa shape index (κ1) is 18.3. The Morgan fingerprint density at radius 2 is 2.11 bits per heavy atom. The number of thioether (sulfide) groups is 1. The first-order valence-corrected chi connectivity index (χ1v) is 9.91. The van der Waals surface area contributed by atoms with Crippen LogP contribution in [0.25, 0.3) is 0 Å². The summed E-state index contributed by atoms with van der Waals surface area (Å²) in [4.78, 5) is 25.8. The number of anilines is 2. The number of nitrogens with zero attached hydrogens (tertiary/aromatic N) is 4. The molecule has 3 heterocycles. The van der Waals surface area contributed by atoms with Crippen molar-refractivity contribution in [3.05, 3.63) is 54.7 Å². The summed E-state index contributed by atoms with van der Waals surface area (Å²) < 4.78 is 7.16. The van der Waals surface area contributed by atoms with E-state index in [1.54, 1.807) is 17.5 Å². The molecule has 0 saturated carbocycles. The number of benzene rings is 1. The zero-order chi connectivity index (χ0) is 19.3. The Labute approximate surface area is 165 Å². The third kappa shape index (κ3) is 4.25. The molecule has 0 spiro atoms. The van der Waals surface area contributed by atoms with E-state index in [1.807, 2.05) is 41.0 Å². The molecule has 144 valence electrons. The van der Waals surface area contributed by atoms with Crippen molar-refractivity contribution in [2.24, 2.45) is 0 Å². The van der Waals surface area contributed by atoms with E-state index in [2.05, 4.69) is 15.5 Å². The van der Waals surface area contributed by atoms with Crippen LogP contribution in [0.3, 0.4) is 0 Å². The van der Waals surface area contributed by atoms with Gasteiger partial charge in [-0.1, -0.05) is 11.8 Å². The predicted octanol–water partition coefficient (Wildman–Crippen LogP) is 2.78. The van der Waals surface area contributed by atoms with Gasteiger partial charge in [-0.25, -0.2) is 0 Å². The number of hydrogen-bond donors (Lipinski definition) is 1. The molecule has 0 aliphatic carbocycles.